The number of hydrogen-bond acceptors (Lipinski definition) is 5. The molecule has 40 heavy (non-hydrogen) atoms. The number of rotatable bonds is 9. The molecule has 2 aliphatic rings. The van der Waals surface area contributed by atoms with Crippen molar-refractivity contribution in [2.75, 3.05) is 26.2 Å². The normalized spacial score (nSPS) is 18.6. The summed E-state index contributed by atoms with van der Waals surface area (Å²) >= 11 is 0. The highest BCUT2D eigenvalue weighted by molar-refractivity contribution is 5.91. The van der Waals surface area contributed by atoms with Gasteiger partial charge in [-0.1, -0.05) is 78.9 Å². The van der Waals surface area contributed by atoms with Crippen LogP contribution in [0.3, 0.4) is 0 Å². The number of carbonyl (C=O) groups excluding carboxylic acids is 2. The number of carboxylic acids is 1. The molecule has 0 radical (unpaired) electrons. The molecule has 1 unspecified atom stereocenters. The lowest BCUT2D eigenvalue weighted by Crippen LogP contribution is -2.61. The quantitative estimate of drug-likeness (QED) is 0.373. The zero-order valence-electron chi connectivity index (χ0n) is 21.6. The molecule has 3 aromatic carbocycles. The lowest BCUT2D eigenvalue weighted by atomic mass is 9.98. The van der Waals surface area contributed by atoms with Gasteiger partial charge < -0.3 is 20.5 Å². The van der Waals surface area contributed by atoms with E-state index >= 15 is 0 Å². The van der Waals surface area contributed by atoms with E-state index in [1.54, 1.807) is 4.90 Å². The van der Waals surface area contributed by atoms with Crippen LogP contribution in [0.4, 0.5) is 13.6 Å². The van der Waals surface area contributed by atoms with Crippen molar-refractivity contribution in [1.29, 1.82) is 0 Å². The van der Waals surface area contributed by atoms with E-state index in [-0.39, 0.29) is 25.5 Å². The minimum Gasteiger partial charge on any atom is -0.479 e. The number of amides is 2. The molecule has 0 bridgehead atoms. The Balaban J connectivity index is 1.16. The van der Waals surface area contributed by atoms with Crippen LogP contribution in [0.25, 0.3) is 11.1 Å². The van der Waals surface area contributed by atoms with Gasteiger partial charge in [0.05, 0.1) is 6.54 Å². The Hall–Kier alpha value is -4.31. The second kappa shape index (κ2) is 11.1. The third-order valence-corrected chi connectivity index (χ3v) is 7.49. The van der Waals surface area contributed by atoms with Gasteiger partial charge in [0.1, 0.15) is 6.61 Å². The third-order valence-electron chi connectivity index (χ3n) is 7.49. The van der Waals surface area contributed by atoms with Crippen molar-refractivity contribution < 1.29 is 33.0 Å². The Bertz CT molecular complexity index is 1370. The van der Waals surface area contributed by atoms with Crippen molar-refractivity contribution in [2.45, 2.75) is 30.3 Å². The van der Waals surface area contributed by atoms with Gasteiger partial charge in [0.25, 0.3) is 5.91 Å². The van der Waals surface area contributed by atoms with Crippen molar-refractivity contribution >= 4 is 18.0 Å². The lowest BCUT2D eigenvalue weighted by molar-refractivity contribution is -0.154. The van der Waals surface area contributed by atoms with E-state index in [4.69, 9.17) is 4.74 Å². The number of hydrogen-bond donors (Lipinski definition) is 3. The Morgan fingerprint density at radius 3 is 2.17 bits per heavy atom. The average Bonchev–Trinajstić information content (AvgIpc) is 3.51. The molecule has 1 aliphatic heterocycles. The number of carboxylic acid groups (broad SMARTS) is 1. The minimum absolute atomic E-state index is 0.0310. The predicted molar refractivity (Wildman–Crippen MR) is 143 cm³/mol. The monoisotopic (exact) mass is 549 g/mol. The summed E-state index contributed by atoms with van der Waals surface area (Å²) in [7, 11) is 0. The molecule has 3 N–H and O–H groups in total. The number of nitrogens with zero attached hydrogens (tertiary/aromatic N) is 1. The molecule has 0 saturated carbocycles. The number of alkyl halides is 2. The van der Waals surface area contributed by atoms with Crippen molar-refractivity contribution in [2.24, 2.45) is 0 Å². The molecule has 10 heteroatoms. The SMILES string of the molecule is O=C(NCC(F)(F)C(=O)NC1(C(=O)O)CCN(Cc2ccccc2)C1)OCC1c2ccccc2-c2ccccc21. The van der Waals surface area contributed by atoms with Gasteiger partial charge in [0, 0.05) is 25.6 Å². The molecule has 1 heterocycles. The number of halogens is 2. The summed E-state index contributed by atoms with van der Waals surface area (Å²) in [5.74, 6) is -7.47. The smallest absolute Gasteiger partial charge is 0.407 e. The first-order chi connectivity index (χ1) is 19.2. The van der Waals surface area contributed by atoms with Gasteiger partial charge in [-0.2, -0.15) is 8.78 Å². The van der Waals surface area contributed by atoms with Gasteiger partial charge in [-0.3, -0.25) is 9.69 Å². The number of ether oxygens (including phenoxy) is 1. The van der Waals surface area contributed by atoms with Gasteiger partial charge >= 0.3 is 18.0 Å². The van der Waals surface area contributed by atoms with E-state index in [0.29, 0.717) is 13.1 Å². The first kappa shape index (κ1) is 27.3. The number of aliphatic carboxylic acids is 1. The van der Waals surface area contributed by atoms with E-state index in [1.165, 1.54) is 0 Å². The van der Waals surface area contributed by atoms with Crippen molar-refractivity contribution in [3.8, 4) is 11.1 Å². The Morgan fingerprint density at radius 1 is 0.950 bits per heavy atom. The maximum Gasteiger partial charge on any atom is 0.407 e. The van der Waals surface area contributed by atoms with Crippen LogP contribution in [0.2, 0.25) is 0 Å². The second-order valence-corrected chi connectivity index (χ2v) is 10.2. The summed E-state index contributed by atoms with van der Waals surface area (Å²) in [5, 5.41) is 13.8. The summed E-state index contributed by atoms with van der Waals surface area (Å²) in [6.45, 7) is -0.800. The van der Waals surface area contributed by atoms with E-state index < -0.39 is 36.0 Å². The third kappa shape index (κ3) is 5.53. The van der Waals surface area contributed by atoms with Gasteiger partial charge in [-0.15, -0.1) is 0 Å². The van der Waals surface area contributed by atoms with Crippen LogP contribution in [0.15, 0.2) is 78.9 Å². The summed E-state index contributed by atoms with van der Waals surface area (Å²) in [5.41, 5.74) is 3.07. The number of alkyl carbamates (subject to hydrolysis) is 1. The van der Waals surface area contributed by atoms with Crippen LogP contribution in [-0.2, 0) is 20.9 Å². The topological polar surface area (TPSA) is 108 Å². The molecule has 5 rings (SSSR count). The van der Waals surface area contributed by atoms with E-state index in [1.807, 2.05) is 89.5 Å². The van der Waals surface area contributed by atoms with Gasteiger partial charge in [0.15, 0.2) is 5.54 Å². The molecule has 1 atom stereocenters. The average molecular weight is 550 g/mol. The molecule has 3 aromatic rings. The second-order valence-electron chi connectivity index (χ2n) is 10.2. The van der Waals surface area contributed by atoms with Crippen LogP contribution in [0, 0.1) is 0 Å². The molecule has 0 spiro atoms. The van der Waals surface area contributed by atoms with E-state index in [2.05, 4.69) is 0 Å². The molecule has 1 aliphatic carbocycles. The predicted octanol–water partition coefficient (Wildman–Crippen LogP) is 4.01. The van der Waals surface area contributed by atoms with E-state index in [9.17, 15) is 28.3 Å². The van der Waals surface area contributed by atoms with Crippen LogP contribution in [0.1, 0.15) is 29.0 Å². The highest BCUT2D eigenvalue weighted by Gasteiger charge is 2.50. The van der Waals surface area contributed by atoms with Crippen molar-refractivity contribution in [1.82, 2.24) is 15.5 Å². The Morgan fingerprint density at radius 2 is 1.55 bits per heavy atom. The van der Waals surface area contributed by atoms with E-state index in [0.717, 1.165) is 27.8 Å². The lowest BCUT2D eigenvalue weighted by Gasteiger charge is -2.28. The van der Waals surface area contributed by atoms with Gasteiger partial charge in [0.2, 0.25) is 0 Å². The van der Waals surface area contributed by atoms with Gasteiger partial charge in [-0.25, -0.2) is 9.59 Å². The van der Waals surface area contributed by atoms with Crippen molar-refractivity contribution in [3.63, 3.8) is 0 Å². The first-order valence-corrected chi connectivity index (χ1v) is 13.0. The molecule has 8 nitrogen and oxygen atoms in total. The summed E-state index contributed by atoms with van der Waals surface area (Å²) < 4.78 is 34.8. The maximum atomic E-state index is 14.8. The molecule has 1 saturated heterocycles. The van der Waals surface area contributed by atoms with Crippen LogP contribution >= 0.6 is 0 Å². The molecular weight excluding hydrogens is 520 g/mol. The molecular formula is C30H29F2N3O5. The minimum atomic E-state index is -4.05. The largest absolute Gasteiger partial charge is 0.479 e. The van der Waals surface area contributed by atoms with Crippen LogP contribution in [0.5, 0.6) is 0 Å². The fourth-order valence-electron chi connectivity index (χ4n) is 5.42. The number of fused-ring (bicyclic) bond motifs is 3. The first-order valence-electron chi connectivity index (χ1n) is 13.0. The standard InChI is InChI=1S/C30H29F2N3O5/c31-30(32,26(36)34-29(27(37)38)14-15-35(19-29)16-20-8-2-1-3-9-20)18-33-28(39)40-17-25-23-12-6-4-10-21(23)22-11-5-7-13-24(22)25/h1-13,25H,14-19H2,(H,33,39)(H,34,36)(H,37,38). The summed E-state index contributed by atoms with van der Waals surface area (Å²) in [4.78, 5) is 38.7. The number of likely N-dealkylation sites (tertiary alicyclic amines) is 1. The zero-order chi connectivity index (χ0) is 28.3. The number of benzene rings is 3. The summed E-state index contributed by atoms with van der Waals surface area (Å²) in [6.07, 6.45) is -1.13. The van der Waals surface area contributed by atoms with Crippen LogP contribution < -0.4 is 10.6 Å². The molecule has 1 fully saturated rings. The highest BCUT2D eigenvalue weighted by atomic mass is 19.3. The molecule has 0 aromatic heterocycles. The highest BCUT2D eigenvalue weighted by Crippen LogP contribution is 2.44. The molecule has 208 valence electrons. The number of nitrogens with one attached hydrogen (secondary N) is 2. The van der Waals surface area contributed by atoms with Gasteiger partial charge in [-0.05, 0) is 34.2 Å². The number of carbonyl (C=O) groups is 3. The fourth-order valence-corrected chi connectivity index (χ4v) is 5.42. The summed E-state index contributed by atoms with van der Waals surface area (Å²) in [6, 6.07) is 24.7. The van der Waals surface area contributed by atoms with Crippen molar-refractivity contribution in [3.05, 3.63) is 95.6 Å². The molecule has 2 amide bonds. The Labute approximate surface area is 229 Å². The maximum absolute atomic E-state index is 14.8. The zero-order valence-corrected chi connectivity index (χ0v) is 21.6. The van der Waals surface area contributed by atoms with Crippen LogP contribution in [-0.4, -0.2) is 65.7 Å². The Kier molecular flexibility index (Phi) is 7.53. The fraction of sp³-hybridized carbons (Fsp3) is 0.300.